The normalized spacial score (nSPS) is 10.0. The Morgan fingerprint density at radius 1 is 0.957 bits per heavy atom. The summed E-state index contributed by atoms with van der Waals surface area (Å²) in [4.78, 5) is 11.7. The zero-order valence-corrected chi connectivity index (χ0v) is 13.4. The topological polar surface area (TPSA) is 56.8 Å². The van der Waals surface area contributed by atoms with Crippen LogP contribution in [0.4, 0.5) is 0 Å². The van der Waals surface area contributed by atoms with Crippen LogP contribution >= 0.6 is 0 Å². The first-order valence-electron chi connectivity index (χ1n) is 7.41. The fourth-order valence-corrected chi connectivity index (χ4v) is 2.00. The third kappa shape index (κ3) is 5.21. The fourth-order valence-electron chi connectivity index (χ4n) is 2.00. The largest absolute Gasteiger partial charge is 0.493 e. The number of carbonyl (C=O) groups is 1. The Kier molecular flexibility index (Phi) is 6.29. The average Bonchev–Trinajstić information content (AvgIpc) is 2.58. The zero-order valence-electron chi connectivity index (χ0n) is 13.4. The number of rotatable bonds is 8. The summed E-state index contributed by atoms with van der Waals surface area (Å²) < 4.78 is 16.2. The van der Waals surface area contributed by atoms with E-state index in [1.165, 1.54) is 0 Å². The molecule has 0 saturated heterocycles. The van der Waals surface area contributed by atoms with Crippen LogP contribution in [0.15, 0.2) is 48.5 Å². The molecule has 0 aliphatic carbocycles. The molecule has 0 saturated carbocycles. The summed E-state index contributed by atoms with van der Waals surface area (Å²) in [6, 6.07) is 15.0. The number of aryl methyl sites for hydroxylation is 1. The van der Waals surface area contributed by atoms with Gasteiger partial charge in [-0.3, -0.25) is 4.79 Å². The third-order valence-corrected chi connectivity index (χ3v) is 3.20. The average molecular weight is 315 g/mol. The number of ether oxygens (including phenoxy) is 3. The lowest BCUT2D eigenvalue weighted by Crippen LogP contribution is -2.32. The van der Waals surface area contributed by atoms with E-state index in [1.54, 1.807) is 7.11 Å². The van der Waals surface area contributed by atoms with Crippen LogP contribution in [0.25, 0.3) is 0 Å². The molecule has 2 aromatic carbocycles. The molecule has 0 spiro atoms. The van der Waals surface area contributed by atoms with E-state index in [0.717, 1.165) is 5.56 Å². The summed E-state index contributed by atoms with van der Waals surface area (Å²) in [5.74, 6) is 1.85. The molecule has 0 radical (unpaired) electrons. The van der Waals surface area contributed by atoms with E-state index < -0.39 is 0 Å². The van der Waals surface area contributed by atoms with Crippen LogP contribution in [0.5, 0.6) is 17.2 Å². The highest BCUT2D eigenvalue weighted by Gasteiger charge is 2.05. The second kappa shape index (κ2) is 8.68. The minimum Gasteiger partial charge on any atom is -0.493 e. The molecule has 5 nitrogen and oxygen atoms in total. The van der Waals surface area contributed by atoms with Gasteiger partial charge in [0, 0.05) is 0 Å². The number of amides is 1. The molecule has 0 aliphatic heterocycles. The molecule has 2 rings (SSSR count). The van der Waals surface area contributed by atoms with E-state index in [4.69, 9.17) is 14.2 Å². The zero-order chi connectivity index (χ0) is 16.5. The number of benzene rings is 2. The van der Waals surface area contributed by atoms with Gasteiger partial charge in [0.1, 0.15) is 12.4 Å². The van der Waals surface area contributed by atoms with Gasteiger partial charge in [-0.2, -0.15) is 0 Å². The fraction of sp³-hybridized carbons (Fsp3) is 0.278. The Balaban J connectivity index is 1.68. The smallest absolute Gasteiger partial charge is 0.258 e. The van der Waals surface area contributed by atoms with E-state index in [1.807, 2.05) is 55.5 Å². The monoisotopic (exact) mass is 315 g/mol. The lowest BCUT2D eigenvalue weighted by Gasteiger charge is -2.11. The maximum absolute atomic E-state index is 11.7. The number of carbonyl (C=O) groups excluding carboxylic acids is 1. The molecule has 0 bridgehead atoms. The van der Waals surface area contributed by atoms with Crippen molar-refractivity contribution in [3.8, 4) is 17.2 Å². The first-order valence-corrected chi connectivity index (χ1v) is 7.41. The molecular weight excluding hydrogens is 294 g/mol. The summed E-state index contributed by atoms with van der Waals surface area (Å²) in [6.07, 6.45) is 0. The Bertz CT molecular complexity index is 642. The van der Waals surface area contributed by atoms with Crippen molar-refractivity contribution < 1.29 is 19.0 Å². The number of nitrogens with one attached hydrogen (secondary N) is 1. The highest BCUT2D eigenvalue weighted by atomic mass is 16.5. The van der Waals surface area contributed by atoms with Crippen molar-refractivity contribution in [2.75, 3.05) is 26.9 Å². The molecule has 0 fully saturated rings. The summed E-state index contributed by atoms with van der Waals surface area (Å²) in [5, 5.41) is 2.75. The van der Waals surface area contributed by atoms with Gasteiger partial charge in [0.05, 0.1) is 13.7 Å². The van der Waals surface area contributed by atoms with Crippen LogP contribution in [-0.2, 0) is 4.79 Å². The number of hydrogen-bond acceptors (Lipinski definition) is 4. The van der Waals surface area contributed by atoms with E-state index >= 15 is 0 Å². The molecule has 0 unspecified atom stereocenters. The molecule has 2 aromatic rings. The number of methoxy groups -OCH3 is 1. The molecule has 5 heteroatoms. The van der Waals surface area contributed by atoms with Crippen LogP contribution in [0.3, 0.4) is 0 Å². The number of hydrogen-bond donors (Lipinski definition) is 1. The van der Waals surface area contributed by atoms with Crippen molar-refractivity contribution in [3.05, 3.63) is 54.1 Å². The second-order valence-electron chi connectivity index (χ2n) is 4.90. The highest BCUT2D eigenvalue weighted by molar-refractivity contribution is 5.77. The van der Waals surface area contributed by atoms with E-state index in [2.05, 4.69) is 5.32 Å². The van der Waals surface area contributed by atoms with Crippen molar-refractivity contribution in [1.82, 2.24) is 5.32 Å². The van der Waals surface area contributed by atoms with Gasteiger partial charge in [0.25, 0.3) is 5.91 Å². The van der Waals surface area contributed by atoms with Gasteiger partial charge in [-0.05, 0) is 30.7 Å². The SMILES string of the molecule is COc1ccccc1OCCNC(=O)COc1ccccc1C. The molecule has 0 atom stereocenters. The predicted octanol–water partition coefficient (Wildman–Crippen LogP) is 2.58. The Labute approximate surface area is 136 Å². The van der Waals surface area contributed by atoms with Gasteiger partial charge >= 0.3 is 0 Å². The molecular formula is C18H21NO4. The first-order chi connectivity index (χ1) is 11.2. The molecule has 0 heterocycles. The minimum absolute atomic E-state index is 0.0144. The van der Waals surface area contributed by atoms with Crippen LogP contribution in [0, 0.1) is 6.92 Å². The van der Waals surface area contributed by atoms with E-state index in [-0.39, 0.29) is 12.5 Å². The quantitative estimate of drug-likeness (QED) is 0.761. The van der Waals surface area contributed by atoms with Crippen molar-refractivity contribution in [1.29, 1.82) is 0 Å². The first kappa shape index (κ1) is 16.7. The Morgan fingerprint density at radius 3 is 2.30 bits per heavy atom. The van der Waals surface area contributed by atoms with Crippen LogP contribution in [-0.4, -0.2) is 32.8 Å². The predicted molar refractivity (Wildman–Crippen MR) is 88.2 cm³/mol. The van der Waals surface area contributed by atoms with Gasteiger partial charge in [-0.15, -0.1) is 0 Å². The Hall–Kier alpha value is -2.69. The third-order valence-electron chi connectivity index (χ3n) is 3.20. The van der Waals surface area contributed by atoms with Gasteiger partial charge in [-0.25, -0.2) is 0 Å². The highest BCUT2D eigenvalue weighted by Crippen LogP contribution is 2.25. The van der Waals surface area contributed by atoms with Crippen LogP contribution < -0.4 is 19.5 Å². The molecule has 122 valence electrons. The summed E-state index contributed by atoms with van der Waals surface area (Å²) in [5.41, 5.74) is 1.000. The van der Waals surface area contributed by atoms with Crippen LogP contribution in [0.2, 0.25) is 0 Å². The van der Waals surface area contributed by atoms with Gasteiger partial charge < -0.3 is 19.5 Å². The van der Waals surface area contributed by atoms with Crippen molar-refractivity contribution in [3.63, 3.8) is 0 Å². The molecule has 23 heavy (non-hydrogen) atoms. The van der Waals surface area contributed by atoms with Crippen LogP contribution in [0.1, 0.15) is 5.56 Å². The van der Waals surface area contributed by atoms with E-state index in [0.29, 0.717) is 30.4 Å². The van der Waals surface area contributed by atoms with Crippen molar-refractivity contribution >= 4 is 5.91 Å². The molecule has 0 aliphatic rings. The summed E-state index contributed by atoms with van der Waals surface area (Å²) in [7, 11) is 1.59. The Morgan fingerprint density at radius 2 is 1.61 bits per heavy atom. The van der Waals surface area contributed by atoms with Gasteiger partial charge in [0.15, 0.2) is 18.1 Å². The maximum atomic E-state index is 11.7. The maximum Gasteiger partial charge on any atom is 0.258 e. The lowest BCUT2D eigenvalue weighted by atomic mass is 10.2. The number of para-hydroxylation sites is 3. The van der Waals surface area contributed by atoms with Crippen molar-refractivity contribution in [2.45, 2.75) is 6.92 Å². The van der Waals surface area contributed by atoms with Gasteiger partial charge in [-0.1, -0.05) is 30.3 Å². The molecule has 0 aromatic heterocycles. The van der Waals surface area contributed by atoms with E-state index in [9.17, 15) is 4.79 Å². The second-order valence-corrected chi connectivity index (χ2v) is 4.90. The molecule has 1 N–H and O–H groups in total. The van der Waals surface area contributed by atoms with Gasteiger partial charge in [0.2, 0.25) is 0 Å². The summed E-state index contributed by atoms with van der Waals surface area (Å²) >= 11 is 0. The van der Waals surface area contributed by atoms with Crippen molar-refractivity contribution in [2.24, 2.45) is 0 Å². The standard InChI is InChI=1S/C18H21NO4/c1-14-7-3-4-8-15(14)23-13-18(20)19-11-12-22-17-10-6-5-9-16(17)21-2/h3-10H,11-13H2,1-2H3,(H,19,20). The molecule has 1 amide bonds. The minimum atomic E-state index is -0.183. The summed E-state index contributed by atoms with van der Waals surface area (Å²) in [6.45, 7) is 2.68. The lowest BCUT2D eigenvalue weighted by molar-refractivity contribution is -0.123.